The van der Waals surface area contributed by atoms with Crippen LogP contribution >= 0.6 is 0 Å². The van der Waals surface area contributed by atoms with Gasteiger partial charge in [-0.15, -0.1) is 0 Å². The zero-order chi connectivity index (χ0) is 9.26. The smallest absolute Gasteiger partial charge is 0.146 e. The average Bonchev–Trinajstić information content (AvgIpc) is 2.84. The normalized spacial score (nSPS) is 17.5. The summed E-state index contributed by atoms with van der Waals surface area (Å²) in [5.41, 5.74) is 3.52. The summed E-state index contributed by atoms with van der Waals surface area (Å²) in [6.07, 6.45) is 4.00. The molecule has 0 bridgehead atoms. The van der Waals surface area contributed by atoms with E-state index in [1.165, 1.54) is 12.8 Å². The quantitative estimate of drug-likeness (QED) is 0.307. The van der Waals surface area contributed by atoms with Crippen LogP contribution in [0.15, 0.2) is 21.7 Å². The monoisotopic (exact) mass is 179 g/mol. The minimum absolute atomic E-state index is 0.459. The molecule has 3 N–H and O–H groups in total. The highest BCUT2D eigenvalue weighted by atomic mass is 16.3. The molecule has 0 aromatic carbocycles. The first-order valence-electron chi connectivity index (χ1n) is 4.39. The van der Waals surface area contributed by atoms with E-state index in [1.807, 2.05) is 13.0 Å². The maximum Gasteiger partial charge on any atom is 0.146 e. The van der Waals surface area contributed by atoms with E-state index < -0.39 is 0 Å². The molecular formula is C9H13N3O. The number of hydrogen-bond donors (Lipinski definition) is 2. The molecule has 0 unspecified atom stereocenters. The third-order valence-electron chi connectivity index (χ3n) is 2.00. The van der Waals surface area contributed by atoms with E-state index in [4.69, 9.17) is 10.3 Å². The molecule has 13 heavy (non-hydrogen) atoms. The van der Waals surface area contributed by atoms with Crippen LogP contribution in [0.25, 0.3) is 0 Å². The van der Waals surface area contributed by atoms with Gasteiger partial charge in [0.05, 0.1) is 11.6 Å². The van der Waals surface area contributed by atoms with Crippen molar-refractivity contribution in [3.8, 4) is 0 Å². The molecule has 4 heteroatoms. The first-order chi connectivity index (χ1) is 6.29. The van der Waals surface area contributed by atoms with E-state index in [9.17, 15) is 0 Å². The molecule has 0 spiro atoms. The molecule has 1 aliphatic rings. The molecule has 0 saturated heterocycles. The number of amidine groups is 1. The second-order valence-corrected chi connectivity index (χ2v) is 3.30. The lowest BCUT2D eigenvalue weighted by Gasteiger charge is -2.00. The minimum Gasteiger partial charge on any atom is -0.469 e. The van der Waals surface area contributed by atoms with E-state index in [0.717, 1.165) is 17.2 Å². The van der Waals surface area contributed by atoms with Gasteiger partial charge in [0.15, 0.2) is 0 Å². The molecule has 1 aliphatic carbocycles. The van der Waals surface area contributed by atoms with Crippen LogP contribution in [0.3, 0.4) is 0 Å². The summed E-state index contributed by atoms with van der Waals surface area (Å²) in [5, 5.41) is 0. The van der Waals surface area contributed by atoms with Gasteiger partial charge in [-0.3, -0.25) is 4.99 Å². The Labute approximate surface area is 76.8 Å². The zero-order valence-electron chi connectivity index (χ0n) is 7.58. The van der Waals surface area contributed by atoms with Gasteiger partial charge in [-0.1, -0.05) is 0 Å². The molecule has 2 rings (SSSR count). The first-order valence-corrected chi connectivity index (χ1v) is 4.39. The van der Waals surface area contributed by atoms with Crippen molar-refractivity contribution in [1.82, 2.24) is 5.43 Å². The number of nitrogens with one attached hydrogen (secondary N) is 1. The van der Waals surface area contributed by atoms with Gasteiger partial charge in [0, 0.05) is 0 Å². The van der Waals surface area contributed by atoms with Crippen LogP contribution < -0.4 is 11.3 Å². The summed E-state index contributed by atoms with van der Waals surface area (Å²) in [7, 11) is 0. The molecule has 4 nitrogen and oxygen atoms in total. The predicted octanol–water partition coefficient (Wildman–Crippen LogP) is 0.960. The lowest BCUT2D eigenvalue weighted by atomic mass is 10.3. The van der Waals surface area contributed by atoms with Crippen molar-refractivity contribution < 1.29 is 4.42 Å². The molecule has 0 aliphatic heterocycles. The predicted molar refractivity (Wildman–Crippen MR) is 50.3 cm³/mol. The standard InChI is InChI=1S/C9H13N3O/c1-6-4-7(5-13-6)9(12-10)11-8-2-3-8/h4-5,8H,2-3,10H2,1H3,(H,11,12). The summed E-state index contributed by atoms with van der Waals surface area (Å²) in [6.45, 7) is 1.90. The summed E-state index contributed by atoms with van der Waals surface area (Å²) >= 11 is 0. The molecular weight excluding hydrogens is 166 g/mol. The van der Waals surface area contributed by atoms with Crippen LogP contribution in [-0.2, 0) is 0 Å². The Hall–Kier alpha value is -1.29. The third kappa shape index (κ3) is 1.89. The number of aryl methyl sites for hydroxylation is 1. The Morgan fingerprint density at radius 1 is 1.69 bits per heavy atom. The van der Waals surface area contributed by atoms with Gasteiger partial charge in [-0.25, -0.2) is 5.84 Å². The van der Waals surface area contributed by atoms with Crippen LogP contribution in [0.4, 0.5) is 0 Å². The molecule has 70 valence electrons. The summed E-state index contributed by atoms with van der Waals surface area (Å²) in [6, 6.07) is 2.38. The number of hydrazine groups is 1. The average molecular weight is 179 g/mol. The van der Waals surface area contributed by atoms with Crippen molar-refractivity contribution in [2.75, 3.05) is 0 Å². The highest BCUT2D eigenvalue weighted by Gasteiger charge is 2.21. The lowest BCUT2D eigenvalue weighted by Crippen LogP contribution is -2.31. The number of aliphatic imine (C=N–C) groups is 1. The maximum atomic E-state index is 5.37. The van der Waals surface area contributed by atoms with Crippen LogP contribution in [0, 0.1) is 6.92 Å². The number of rotatable bonds is 2. The third-order valence-corrected chi connectivity index (χ3v) is 2.00. The summed E-state index contributed by atoms with van der Waals surface area (Å²) in [5.74, 6) is 6.96. The van der Waals surface area contributed by atoms with E-state index >= 15 is 0 Å². The molecule has 1 saturated carbocycles. The van der Waals surface area contributed by atoms with Crippen LogP contribution in [0.2, 0.25) is 0 Å². The van der Waals surface area contributed by atoms with E-state index in [1.54, 1.807) is 6.26 Å². The Morgan fingerprint density at radius 2 is 2.46 bits per heavy atom. The zero-order valence-corrected chi connectivity index (χ0v) is 7.58. The molecule has 0 amide bonds. The van der Waals surface area contributed by atoms with Gasteiger partial charge in [-0.2, -0.15) is 0 Å². The van der Waals surface area contributed by atoms with Gasteiger partial charge >= 0.3 is 0 Å². The fourth-order valence-corrected chi connectivity index (χ4v) is 1.15. The fraction of sp³-hybridized carbons (Fsp3) is 0.444. The maximum absolute atomic E-state index is 5.37. The van der Waals surface area contributed by atoms with Crippen molar-refractivity contribution in [1.29, 1.82) is 0 Å². The second kappa shape index (κ2) is 3.22. The Bertz CT molecular complexity index is 325. The SMILES string of the molecule is Cc1cc(C(=NC2CC2)NN)co1. The molecule has 1 aromatic rings. The van der Waals surface area contributed by atoms with Gasteiger partial charge in [0.25, 0.3) is 0 Å². The van der Waals surface area contributed by atoms with Crippen LogP contribution in [-0.4, -0.2) is 11.9 Å². The van der Waals surface area contributed by atoms with E-state index in [0.29, 0.717) is 6.04 Å². The van der Waals surface area contributed by atoms with Crippen molar-refractivity contribution in [3.63, 3.8) is 0 Å². The molecule has 1 fully saturated rings. The van der Waals surface area contributed by atoms with E-state index in [2.05, 4.69) is 10.4 Å². The van der Waals surface area contributed by atoms with Gasteiger partial charge in [-0.05, 0) is 25.8 Å². The topological polar surface area (TPSA) is 63.5 Å². The lowest BCUT2D eigenvalue weighted by molar-refractivity contribution is 0.533. The molecule has 1 heterocycles. The van der Waals surface area contributed by atoms with Gasteiger partial charge < -0.3 is 9.84 Å². The fourth-order valence-electron chi connectivity index (χ4n) is 1.15. The van der Waals surface area contributed by atoms with Crippen LogP contribution in [0.1, 0.15) is 24.2 Å². The van der Waals surface area contributed by atoms with Crippen molar-refractivity contribution >= 4 is 5.84 Å². The van der Waals surface area contributed by atoms with Crippen molar-refractivity contribution in [3.05, 3.63) is 23.7 Å². The molecule has 0 radical (unpaired) electrons. The molecule has 1 aromatic heterocycles. The number of nitrogens with two attached hydrogens (primary N) is 1. The summed E-state index contributed by atoms with van der Waals surface area (Å²) < 4.78 is 5.17. The van der Waals surface area contributed by atoms with Crippen molar-refractivity contribution in [2.45, 2.75) is 25.8 Å². The van der Waals surface area contributed by atoms with Gasteiger partial charge in [0.2, 0.25) is 0 Å². The highest BCUT2D eigenvalue weighted by molar-refractivity contribution is 5.98. The first kappa shape index (κ1) is 8.31. The number of hydrogen-bond acceptors (Lipinski definition) is 3. The highest BCUT2D eigenvalue weighted by Crippen LogP contribution is 2.24. The summed E-state index contributed by atoms with van der Waals surface area (Å²) in [4.78, 5) is 4.41. The molecule has 0 atom stereocenters. The van der Waals surface area contributed by atoms with E-state index in [-0.39, 0.29) is 0 Å². The minimum atomic E-state index is 0.459. The van der Waals surface area contributed by atoms with Crippen LogP contribution in [0.5, 0.6) is 0 Å². The Morgan fingerprint density at radius 3 is 2.92 bits per heavy atom. The van der Waals surface area contributed by atoms with Gasteiger partial charge in [0.1, 0.15) is 17.9 Å². The number of nitrogens with zero attached hydrogens (tertiary/aromatic N) is 1. The number of furan rings is 1. The Kier molecular flexibility index (Phi) is 2.06. The van der Waals surface area contributed by atoms with Crippen molar-refractivity contribution in [2.24, 2.45) is 10.8 Å². The Balaban J connectivity index is 2.20. The largest absolute Gasteiger partial charge is 0.469 e. The second-order valence-electron chi connectivity index (χ2n) is 3.30.